The van der Waals surface area contributed by atoms with Gasteiger partial charge in [0.05, 0.1) is 18.8 Å². The van der Waals surface area contributed by atoms with Crippen LogP contribution in [0.4, 0.5) is 5.69 Å². The number of nitrogen functional groups attached to an aromatic ring is 1. The van der Waals surface area contributed by atoms with Crippen LogP contribution in [0.3, 0.4) is 0 Å². The van der Waals surface area contributed by atoms with Gasteiger partial charge in [0.1, 0.15) is 0 Å². The first kappa shape index (κ1) is 17.8. The van der Waals surface area contributed by atoms with Crippen LogP contribution in [-0.4, -0.2) is 18.6 Å². The van der Waals surface area contributed by atoms with E-state index in [4.69, 9.17) is 10.5 Å². The second-order valence-corrected chi connectivity index (χ2v) is 5.64. The van der Waals surface area contributed by atoms with E-state index in [9.17, 15) is 4.79 Å². The summed E-state index contributed by atoms with van der Waals surface area (Å²) in [6.07, 6.45) is 3.71. The summed E-state index contributed by atoms with van der Waals surface area (Å²) >= 11 is 0. The van der Waals surface area contributed by atoms with E-state index >= 15 is 0 Å². The van der Waals surface area contributed by atoms with Crippen LogP contribution < -0.4 is 11.1 Å². The van der Waals surface area contributed by atoms with Crippen LogP contribution in [0.25, 0.3) is 0 Å². The van der Waals surface area contributed by atoms with E-state index in [2.05, 4.69) is 5.32 Å². The summed E-state index contributed by atoms with van der Waals surface area (Å²) in [7, 11) is 0. The standard InChI is InChI=1S/C16H24N2O2.ClH/c1-11(2)20-9-8-16(19)18-15-5-3-4-12-10-13(17)6-7-14(12)15;/h6-7,10-11,15H,3-5,8-9,17H2,1-2H3,(H,18,19);1H. The van der Waals surface area contributed by atoms with Gasteiger partial charge >= 0.3 is 0 Å². The highest BCUT2D eigenvalue weighted by molar-refractivity contribution is 5.85. The summed E-state index contributed by atoms with van der Waals surface area (Å²) in [6.45, 7) is 4.42. The third-order valence-corrected chi connectivity index (χ3v) is 3.60. The van der Waals surface area contributed by atoms with Crippen molar-refractivity contribution in [1.82, 2.24) is 5.32 Å². The number of carbonyl (C=O) groups excluding carboxylic acids is 1. The molecular formula is C16H25ClN2O2. The van der Waals surface area contributed by atoms with Gasteiger partial charge in [0, 0.05) is 12.1 Å². The molecule has 0 spiro atoms. The molecule has 3 N–H and O–H groups in total. The molecule has 118 valence electrons. The number of carbonyl (C=O) groups is 1. The lowest BCUT2D eigenvalue weighted by molar-refractivity contribution is -0.123. The Morgan fingerprint density at radius 3 is 2.95 bits per heavy atom. The number of halogens is 1. The Hall–Kier alpha value is -1.26. The summed E-state index contributed by atoms with van der Waals surface area (Å²) in [5.74, 6) is 0.0559. The largest absolute Gasteiger partial charge is 0.399 e. The van der Waals surface area contributed by atoms with Gasteiger partial charge in [-0.25, -0.2) is 0 Å². The van der Waals surface area contributed by atoms with Gasteiger partial charge in [-0.3, -0.25) is 4.79 Å². The molecule has 1 atom stereocenters. The number of benzene rings is 1. The highest BCUT2D eigenvalue weighted by Gasteiger charge is 2.21. The minimum absolute atomic E-state index is 0. The molecule has 0 aromatic heterocycles. The van der Waals surface area contributed by atoms with Gasteiger partial charge in [-0.05, 0) is 56.4 Å². The van der Waals surface area contributed by atoms with E-state index in [1.54, 1.807) is 0 Å². The molecule has 1 amide bonds. The summed E-state index contributed by atoms with van der Waals surface area (Å²) in [4.78, 5) is 12.0. The molecule has 0 bridgehead atoms. The number of amides is 1. The lowest BCUT2D eigenvalue weighted by Gasteiger charge is -2.26. The number of rotatable bonds is 5. The Bertz CT molecular complexity index is 477. The SMILES string of the molecule is CC(C)OCCC(=O)NC1CCCc2cc(N)ccc21.Cl. The van der Waals surface area contributed by atoms with Gasteiger partial charge < -0.3 is 15.8 Å². The molecule has 5 heteroatoms. The van der Waals surface area contributed by atoms with Gasteiger partial charge in [0.25, 0.3) is 0 Å². The summed E-state index contributed by atoms with van der Waals surface area (Å²) in [6, 6.07) is 6.09. The zero-order valence-corrected chi connectivity index (χ0v) is 13.5. The molecule has 0 radical (unpaired) electrons. The Kier molecular flexibility index (Phi) is 6.99. The number of anilines is 1. The van der Waals surface area contributed by atoms with E-state index in [0.29, 0.717) is 13.0 Å². The van der Waals surface area contributed by atoms with Crippen molar-refractivity contribution >= 4 is 24.0 Å². The van der Waals surface area contributed by atoms with Crippen LogP contribution in [0.15, 0.2) is 18.2 Å². The predicted octanol–water partition coefficient (Wildman–Crippen LogP) is 3.00. The second kappa shape index (κ2) is 8.25. The molecule has 0 aliphatic heterocycles. The van der Waals surface area contributed by atoms with Crippen LogP contribution in [0.2, 0.25) is 0 Å². The van der Waals surface area contributed by atoms with Gasteiger partial charge in [-0.1, -0.05) is 6.07 Å². The zero-order chi connectivity index (χ0) is 14.5. The number of fused-ring (bicyclic) bond motifs is 1. The zero-order valence-electron chi connectivity index (χ0n) is 12.7. The van der Waals surface area contributed by atoms with Gasteiger partial charge in [-0.15, -0.1) is 12.4 Å². The van der Waals surface area contributed by atoms with E-state index in [1.165, 1.54) is 11.1 Å². The molecule has 2 rings (SSSR count). The summed E-state index contributed by atoms with van der Waals surface area (Å²) < 4.78 is 5.41. The number of nitrogens with one attached hydrogen (secondary N) is 1. The van der Waals surface area contributed by atoms with E-state index in [0.717, 1.165) is 24.9 Å². The number of nitrogens with two attached hydrogens (primary N) is 1. The normalized spacial score (nSPS) is 17.0. The predicted molar refractivity (Wildman–Crippen MR) is 87.6 cm³/mol. The molecule has 1 unspecified atom stereocenters. The van der Waals surface area contributed by atoms with Crippen LogP contribution in [0.5, 0.6) is 0 Å². The Labute approximate surface area is 132 Å². The average Bonchev–Trinajstić information content (AvgIpc) is 2.38. The van der Waals surface area contributed by atoms with Crippen molar-refractivity contribution in [2.45, 2.75) is 51.7 Å². The van der Waals surface area contributed by atoms with Crippen LogP contribution in [0, 0.1) is 0 Å². The lowest BCUT2D eigenvalue weighted by atomic mass is 9.87. The van der Waals surface area contributed by atoms with Gasteiger partial charge in [0.15, 0.2) is 0 Å². The average molecular weight is 313 g/mol. The maximum atomic E-state index is 12.0. The Morgan fingerprint density at radius 2 is 2.24 bits per heavy atom. The van der Waals surface area contributed by atoms with Gasteiger partial charge in [0.2, 0.25) is 5.91 Å². The third kappa shape index (κ3) is 5.21. The fourth-order valence-electron chi connectivity index (χ4n) is 2.64. The van der Waals surface area contributed by atoms with Crippen molar-refractivity contribution in [1.29, 1.82) is 0 Å². The fourth-order valence-corrected chi connectivity index (χ4v) is 2.64. The first-order chi connectivity index (χ1) is 9.56. The van der Waals surface area contributed by atoms with Crippen molar-refractivity contribution in [3.8, 4) is 0 Å². The van der Waals surface area contributed by atoms with Crippen LogP contribution >= 0.6 is 12.4 Å². The first-order valence-corrected chi connectivity index (χ1v) is 7.35. The monoisotopic (exact) mass is 312 g/mol. The molecule has 1 aromatic rings. The van der Waals surface area contributed by atoms with E-state index < -0.39 is 0 Å². The van der Waals surface area contributed by atoms with Crippen molar-refractivity contribution in [2.75, 3.05) is 12.3 Å². The van der Waals surface area contributed by atoms with Crippen molar-refractivity contribution in [3.05, 3.63) is 29.3 Å². The minimum Gasteiger partial charge on any atom is -0.399 e. The number of hydrogen-bond donors (Lipinski definition) is 2. The number of aryl methyl sites for hydroxylation is 1. The van der Waals surface area contributed by atoms with Crippen molar-refractivity contribution in [3.63, 3.8) is 0 Å². The number of ether oxygens (including phenoxy) is 1. The molecule has 0 heterocycles. The van der Waals surface area contributed by atoms with Crippen LogP contribution in [0.1, 0.15) is 50.3 Å². The second-order valence-electron chi connectivity index (χ2n) is 5.64. The van der Waals surface area contributed by atoms with E-state index in [-0.39, 0.29) is 30.5 Å². The smallest absolute Gasteiger partial charge is 0.222 e. The van der Waals surface area contributed by atoms with E-state index in [1.807, 2.05) is 32.0 Å². The molecule has 1 aliphatic carbocycles. The molecule has 21 heavy (non-hydrogen) atoms. The molecule has 0 fully saturated rings. The fraction of sp³-hybridized carbons (Fsp3) is 0.562. The quantitative estimate of drug-likeness (QED) is 0.821. The Morgan fingerprint density at radius 1 is 1.48 bits per heavy atom. The lowest BCUT2D eigenvalue weighted by Crippen LogP contribution is -2.31. The highest BCUT2D eigenvalue weighted by atomic mass is 35.5. The molecule has 0 saturated heterocycles. The molecular weight excluding hydrogens is 288 g/mol. The summed E-state index contributed by atoms with van der Waals surface area (Å²) in [5, 5.41) is 3.11. The molecule has 1 aliphatic rings. The van der Waals surface area contributed by atoms with Crippen molar-refractivity contribution < 1.29 is 9.53 Å². The van der Waals surface area contributed by atoms with Gasteiger partial charge in [-0.2, -0.15) is 0 Å². The highest BCUT2D eigenvalue weighted by Crippen LogP contribution is 2.30. The molecule has 4 nitrogen and oxygen atoms in total. The molecule has 0 saturated carbocycles. The maximum Gasteiger partial charge on any atom is 0.222 e. The topological polar surface area (TPSA) is 64.3 Å². The molecule has 1 aromatic carbocycles. The van der Waals surface area contributed by atoms with Crippen LogP contribution in [-0.2, 0) is 16.0 Å². The maximum absolute atomic E-state index is 12.0. The Balaban J connectivity index is 0.00000220. The third-order valence-electron chi connectivity index (χ3n) is 3.60. The number of hydrogen-bond acceptors (Lipinski definition) is 3. The first-order valence-electron chi connectivity index (χ1n) is 7.35. The van der Waals surface area contributed by atoms with Crippen molar-refractivity contribution in [2.24, 2.45) is 0 Å². The minimum atomic E-state index is 0. The summed E-state index contributed by atoms with van der Waals surface area (Å²) in [5.41, 5.74) is 9.09.